The number of nitrogens with one attached hydrogen (secondary N) is 1. The topological polar surface area (TPSA) is 64.3 Å². The van der Waals surface area contributed by atoms with Crippen molar-refractivity contribution < 1.29 is 9.53 Å². The van der Waals surface area contributed by atoms with E-state index in [1.54, 1.807) is 30.3 Å². The van der Waals surface area contributed by atoms with E-state index in [9.17, 15) is 4.79 Å². The maximum Gasteiger partial charge on any atom is 0.259 e. The predicted octanol–water partition coefficient (Wildman–Crippen LogP) is 4.05. The van der Waals surface area contributed by atoms with Crippen molar-refractivity contribution in [2.24, 2.45) is 0 Å². The van der Waals surface area contributed by atoms with Gasteiger partial charge in [0.1, 0.15) is 5.75 Å². The number of rotatable bonds is 3. The number of halogens is 2. The van der Waals surface area contributed by atoms with Gasteiger partial charge in [-0.1, -0.05) is 22.0 Å². The Morgan fingerprint density at radius 2 is 2.00 bits per heavy atom. The summed E-state index contributed by atoms with van der Waals surface area (Å²) in [4.78, 5) is 12.3. The molecule has 0 bridgehead atoms. The molecule has 4 nitrogen and oxygen atoms in total. The average Bonchev–Trinajstić information content (AvgIpc) is 2.37. The fourth-order valence-electron chi connectivity index (χ4n) is 1.75. The molecule has 0 atom stereocenters. The van der Waals surface area contributed by atoms with Crippen molar-refractivity contribution in [1.29, 1.82) is 0 Å². The number of benzene rings is 2. The van der Waals surface area contributed by atoms with Crippen LogP contribution in [0.3, 0.4) is 0 Å². The fourth-order valence-corrected chi connectivity index (χ4v) is 3.14. The van der Waals surface area contributed by atoms with Crippen LogP contribution in [0.25, 0.3) is 0 Å². The lowest BCUT2D eigenvalue weighted by Crippen LogP contribution is -2.13. The predicted molar refractivity (Wildman–Crippen MR) is 87.2 cm³/mol. The Hall–Kier alpha value is -1.53. The van der Waals surface area contributed by atoms with E-state index in [4.69, 9.17) is 10.5 Å². The minimum atomic E-state index is -0.269. The van der Waals surface area contributed by atoms with Crippen molar-refractivity contribution in [2.45, 2.75) is 0 Å². The van der Waals surface area contributed by atoms with Gasteiger partial charge in [-0.25, -0.2) is 0 Å². The smallest absolute Gasteiger partial charge is 0.259 e. The zero-order valence-corrected chi connectivity index (χ0v) is 13.8. The summed E-state index contributed by atoms with van der Waals surface area (Å²) >= 11 is 6.72. The maximum absolute atomic E-state index is 12.3. The molecule has 0 aromatic heterocycles. The van der Waals surface area contributed by atoms with Crippen LogP contribution in [0, 0.1) is 0 Å². The van der Waals surface area contributed by atoms with Crippen molar-refractivity contribution in [1.82, 2.24) is 0 Å². The van der Waals surface area contributed by atoms with Gasteiger partial charge in [0, 0.05) is 15.8 Å². The van der Waals surface area contributed by atoms with E-state index >= 15 is 0 Å². The first-order valence-corrected chi connectivity index (χ1v) is 7.30. The average molecular weight is 400 g/mol. The van der Waals surface area contributed by atoms with Crippen LogP contribution in [0.5, 0.6) is 5.75 Å². The number of carbonyl (C=O) groups is 1. The Bertz CT molecular complexity index is 660. The summed E-state index contributed by atoms with van der Waals surface area (Å²) in [5, 5.41) is 2.79. The summed E-state index contributed by atoms with van der Waals surface area (Å²) in [5.41, 5.74) is 7.33. The molecule has 0 heterocycles. The number of carbonyl (C=O) groups excluding carboxylic acids is 1. The second kappa shape index (κ2) is 6.28. The van der Waals surface area contributed by atoms with Crippen LogP contribution in [-0.2, 0) is 0 Å². The van der Waals surface area contributed by atoms with E-state index in [0.29, 0.717) is 27.2 Å². The minimum Gasteiger partial charge on any atom is -0.495 e. The molecule has 6 heteroatoms. The van der Waals surface area contributed by atoms with Gasteiger partial charge in [-0.15, -0.1) is 0 Å². The molecule has 0 fully saturated rings. The number of ether oxygens (including phenoxy) is 1. The van der Waals surface area contributed by atoms with E-state index in [2.05, 4.69) is 37.2 Å². The highest BCUT2D eigenvalue weighted by Gasteiger charge is 2.16. The third-order valence-corrected chi connectivity index (χ3v) is 3.65. The van der Waals surface area contributed by atoms with Crippen LogP contribution in [0.2, 0.25) is 0 Å². The Kier molecular flexibility index (Phi) is 4.67. The molecule has 0 unspecified atom stereocenters. The quantitative estimate of drug-likeness (QED) is 0.765. The number of hydrogen-bond donors (Lipinski definition) is 2. The molecule has 20 heavy (non-hydrogen) atoms. The highest BCUT2D eigenvalue weighted by molar-refractivity contribution is 9.11. The molecular formula is C14H12Br2N2O2. The van der Waals surface area contributed by atoms with Crippen LogP contribution in [0.1, 0.15) is 10.4 Å². The second-order valence-electron chi connectivity index (χ2n) is 4.05. The van der Waals surface area contributed by atoms with Crippen LogP contribution < -0.4 is 15.8 Å². The Balaban J connectivity index is 2.34. The Morgan fingerprint density at radius 3 is 2.65 bits per heavy atom. The minimum absolute atomic E-state index is 0.269. The summed E-state index contributed by atoms with van der Waals surface area (Å²) in [6.07, 6.45) is 0. The van der Waals surface area contributed by atoms with Crippen LogP contribution in [0.15, 0.2) is 45.3 Å². The van der Waals surface area contributed by atoms with Crippen molar-refractivity contribution in [3.63, 3.8) is 0 Å². The molecule has 0 aliphatic rings. The maximum atomic E-state index is 12.3. The molecular weight excluding hydrogens is 388 g/mol. The number of amides is 1. The first-order chi connectivity index (χ1) is 9.51. The first-order valence-electron chi connectivity index (χ1n) is 5.71. The van der Waals surface area contributed by atoms with Crippen molar-refractivity contribution in [2.75, 3.05) is 18.2 Å². The van der Waals surface area contributed by atoms with Gasteiger partial charge >= 0.3 is 0 Å². The molecule has 0 spiro atoms. The van der Waals surface area contributed by atoms with Crippen molar-refractivity contribution >= 4 is 49.1 Å². The van der Waals surface area contributed by atoms with Gasteiger partial charge in [0.05, 0.1) is 17.1 Å². The van der Waals surface area contributed by atoms with Gasteiger partial charge in [0.25, 0.3) is 5.91 Å². The lowest BCUT2D eigenvalue weighted by molar-refractivity contribution is 0.102. The third-order valence-electron chi connectivity index (χ3n) is 2.60. The molecule has 2 rings (SSSR count). The molecule has 1 amide bonds. The molecule has 3 N–H and O–H groups in total. The first kappa shape index (κ1) is 14.9. The van der Waals surface area contributed by atoms with Crippen LogP contribution in [-0.4, -0.2) is 13.0 Å². The third kappa shape index (κ3) is 3.32. The monoisotopic (exact) mass is 398 g/mol. The Labute approximate surface area is 133 Å². The number of nitrogens with two attached hydrogens (primary N) is 1. The van der Waals surface area contributed by atoms with Gasteiger partial charge in [0.2, 0.25) is 0 Å². The fraction of sp³-hybridized carbons (Fsp3) is 0.0714. The summed E-state index contributed by atoms with van der Waals surface area (Å²) in [6, 6.07) is 10.5. The second-order valence-corrected chi connectivity index (χ2v) is 5.82. The van der Waals surface area contributed by atoms with Gasteiger partial charge in [-0.3, -0.25) is 4.79 Å². The van der Waals surface area contributed by atoms with Crippen molar-refractivity contribution in [3.05, 3.63) is 50.9 Å². The zero-order chi connectivity index (χ0) is 14.7. The normalized spacial score (nSPS) is 10.2. The Morgan fingerprint density at radius 1 is 1.25 bits per heavy atom. The molecule has 2 aromatic rings. The summed E-state index contributed by atoms with van der Waals surface area (Å²) in [5.74, 6) is 0.212. The van der Waals surface area contributed by atoms with Crippen LogP contribution in [0.4, 0.5) is 11.4 Å². The molecule has 2 aromatic carbocycles. The molecule has 104 valence electrons. The number of methoxy groups -OCH3 is 1. The molecule has 0 radical (unpaired) electrons. The van der Waals surface area contributed by atoms with Gasteiger partial charge in [-0.2, -0.15) is 0 Å². The number of nitrogen functional groups attached to an aromatic ring is 1. The standard InChI is InChI=1S/C14H12Br2N2O2/c1-20-13-11(5-8(15)6-12(13)16)14(19)18-10-4-2-3-9(17)7-10/h2-7H,17H2,1H3,(H,18,19). The summed E-state index contributed by atoms with van der Waals surface area (Å²) in [6.45, 7) is 0. The van der Waals surface area contributed by atoms with Crippen molar-refractivity contribution in [3.8, 4) is 5.75 Å². The van der Waals surface area contributed by atoms with E-state index in [1.807, 2.05) is 6.07 Å². The van der Waals surface area contributed by atoms with Crippen LogP contribution >= 0.6 is 31.9 Å². The largest absolute Gasteiger partial charge is 0.495 e. The van der Waals surface area contributed by atoms with E-state index in [-0.39, 0.29) is 5.91 Å². The molecule has 0 aliphatic carbocycles. The van der Waals surface area contributed by atoms with Gasteiger partial charge < -0.3 is 15.8 Å². The van der Waals surface area contributed by atoms with Gasteiger partial charge in [0.15, 0.2) is 0 Å². The van der Waals surface area contributed by atoms with Gasteiger partial charge in [-0.05, 0) is 46.3 Å². The lowest BCUT2D eigenvalue weighted by atomic mass is 10.2. The zero-order valence-electron chi connectivity index (χ0n) is 10.6. The molecule has 0 saturated heterocycles. The SMILES string of the molecule is COc1c(Br)cc(Br)cc1C(=O)Nc1cccc(N)c1. The lowest BCUT2D eigenvalue weighted by Gasteiger charge is -2.12. The van der Waals surface area contributed by atoms with E-state index < -0.39 is 0 Å². The summed E-state index contributed by atoms with van der Waals surface area (Å²) in [7, 11) is 1.52. The number of hydrogen-bond acceptors (Lipinski definition) is 3. The van der Waals surface area contributed by atoms with E-state index in [0.717, 1.165) is 4.47 Å². The van der Waals surface area contributed by atoms with E-state index in [1.165, 1.54) is 7.11 Å². The molecule has 0 aliphatic heterocycles. The summed E-state index contributed by atoms with van der Waals surface area (Å²) < 4.78 is 6.74. The molecule has 0 saturated carbocycles. The number of anilines is 2. The highest BCUT2D eigenvalue weighted by atomic mass is 79.9. The highest BCUT2D eigenvalue weighted by Crippen LogP contribution is 2.33.